The fourth-order valence-electron chi connectivity index (χ4n) is 2.12. The van der Waals surface area contributed by atoms with E-state index in [1.54, 1.807) is 11.0 Å². The van der Waals surface area contributed by atoms with Crippen LogP contribution in [0.25, 0.3) is 0 Å². The molecule has 0 N–H and O–H groups in total. The fraction of sp³-hybridized carbons (Fsp3) is 0.556. The van der Waals surface area contributed by atoms with Crippen molar-refractivity contribution in [2.24, 2.45) is 5.92 Å². The number of rotatable bonds is 4. The van der Waals surface area contributed by atoms with Crippen LogP contribution in [0.4, 0.5) is 4.79 Å². The Balaban J connectivity index is 2.95. The van der Waals surface area contributed by atoms with Crippen LogP contribution < -0.4 is 0 Å². The molecule has 0 fully saturated rings. The van der Waals surface area contributed by atoms with Gasteiger partial charge in [-0.15, -0.1) is 0 Å². The molecule has 0 heterocycles. The van der Waals surface area contributed by atoms with Crippen LogP contribution in [0.5, 0.6) is 0 Å². The van der Waals surface area contributed by atoms with E-state index < -0.39 is 5.60 Å². The van der Waals surface area contributed by atoms with Crippen molar-refractivity contribution in [1.82, 2.24) is 4.90 Å². The standard InChI is InChI=1S/C18H26N2O2/c1-13(2)12-20(17(21)22-18(4,5)6)14(3)16-9-7-15(11-19)8-10-16/h7,9,13H,3,8,10,12H2,1-2,4-6H3. The number of carbonyl (C=O) groups excluding carboxylic acids is 1. The van der Waals surface area contributed by atoms with Gasteiger partial charge in [0.15, 0.2) is 0 Å². The van der Waals surface area contributed by atoms with E-state index in [1.165, 1.54) is 0 Å². The summed E-state index contributed by atoms with van der Waals surface area (Å²) in [5.74, 6) is 0.304. The minimum atomic E-state index is -0.540. The van der Waals surface area contributed by atoms with Crippen LogP contribution in [-0.4, -0.2) is 23.1 Å². The third kappa shape index (κ3) is 5.40. The van der Waals surface area contributed by atoms with Crippen molar-refractivity contribution in [2.75, 3.05) is 6.54 Å². The van der Waals surface area contributed by atoms with Gasteiger partial charge in [-0.1, -0.05) is 26.5 Å². The second-order valence-electron chi connectivity index (χ2n) is 6.93. The summed E-state index contributed by atoms with van der Waals surface area (Å²) in [6.45, 7) is 14.3. The van der Waals surface area contributed by atoms with Gasteiger partial charge in [-0.2, -0.15) is 5.26 Å². The SMILES string of the molecule is C=C(C1=CC=C(C#N)CC1)N(CC(C)C)C(=O)OC(C)(C)C. The number of ether oxygens (including phenoxy) is 1. The summed E-state index contributed by atoms with van der Waals surface area (Å²) < 4.78 is 5.49. The lowest BCUT2D eigenvalue weighted by molar-refractivity contribution is 0.0300. The van der Waals surface area contributed by atoms with E-state index in [4.69, 9.17) is 10.00 Å². The van der Waals surface area contributed by atoms with Gasteiger partial charge in [-0.3, -0.25) is 4.90 Å². The quantitative estimate of drug-likeness (QED) is 0.764. The zero-order valence-electron chi connectivity index (χ0n) is 14.3. The van der Waals surface area contributed by atoms with E-state index in [2.05, 4.69) is 12.6 Å². The normalized spacial score (nSPS) is 14.8. The molecule has 1 rings (SSSR count). The van der Waals surface area contributed by atoms with Crippen LogP contribution >= 0.6 is 0 Å². The molecule has 0 aromatic heterocycles. The number of amides is 1. The van der Waals surface area contributed by atoms with Gasteiger partial charge in [0.25, 0.3) is 0 Å². The second-order valence-corrected chi connectivity index (χ2v) is 6.93. The number of nitriles is 1. The van der Waals surface area contributed by atoms with Gasteiger partial charge in [-0.05, 0) is 51.2 Å². The Hall–Kier alpha value is -2.02. The monoisotopic (exact) mass is 302 g/mol. The highest BCUT2D eigenvalue weighted by Gasteiger charge is 2.26. The van der Waals surface area contributed by atoms with Crippen LogP contribution in [0.2, 0.25) is 0 Å². The fourth-order valence-corrected chi connectivity index (χ4v) is 2.12. The van der Waals surface area contributed by atoms with Crippen LogP contribution in [0, 0.1) is 17.2 Å². The summed E-state index contributed by atoms with van der Waals surface area (Å²) in [5, 5.41) is 8.91. The molecule has 0 aliphatic heterocycles. The Bertz CT molecular complexity index is 542. The summed E-state index contributed by atoms with van der Waals surface area (Å²) in [5.41, 5.74) is 1.85. The summed E-state index contributed by atoms with van der Waals surface area (Å²) in [6.07, 6.45) is 4.71. The maximum absolute atomic E-state index is 12.4. The smallest absolute Gasteiger partial charge is 0.414 e. The molecular weight excluding hydrogens is 276 g/mol. The molecule has 1 aliphatic rings. The Kier molecular flexibility index (Phi) is 5.99. The van der Waals surface area contributed by atoms with Crippen LogP contribution in [0.15, 0.2) is 35.6 Å². The number of allylic oxidation sites excluding steroid dienone is 4. The highest BCUT2D eigenvalue weighted by molar-refractivity contribution is 5.71. The van der Waals surface area contributed by atoms with Crippen molar-refractivity contribution in [3.63, 3.8) is 0 Å². The third-order valence-corrected chi connectivity index (χ3v) is 3.15. The van der Waals surface area contributed by atoms with Gasteiger partial charge in [-0.25, -0.2) is 4.79 Å². The van der Waals surface area contributed by atoms with E-state index >= 15 is 0 Å². The van der Waals surface area contributed by atoms with Crippen molar-refractivity contribution in [3.8, 4) is 6.07 Å². The zero-order chi connectivity index (χ0) is 16.9. The van der Waals surface area contributed by atoms with E-state index in [0.717, 1.165) is 17.6 Å². The summed E-state index contributed by atoms with van der Waals surface area (Å²) in [6, 6.07) is 2.16. The predicted octanol–water partition coefficient (Wildman–Crippen LogP) is 4.56. The molecule has 1 amide bonds. The van der Waals surface area contributed by atoms with Gasteiger partial charge >= 0.3 is 6.09 Å². The average Bonchev–Trinajstić information content (AvgIpc) is 2.42. The number of hydrogen-bond acceptors (Lipinski definition) is 3. The summed E-state index contributed by atoms with van der Waals surface area (Å²) >= 11 is 0. The molecule has 4 heteroatoms. The molecule has 0 aromatic rings. The van der Waals surface area contributed by atoms with Crippen LogP contribution in [0.1, 0.15) is 47.5 Å². The molecule has 0 aromatic carbocycles. The van der Waals surface area contributed by atoms with Crippen LogP contribution in [-0.2, 0) is 4.74 Å². The molecule has 0 unspecified atom stereocenters. The van der Waals surface area contributed by atoms with E-state index in [9.17, 15) is 4.79 Å². The first-order valence-corrected chi connectivity index (χ1v) is 7.63. The molecule has 0 saturated heterocycles. The van der Waals surface area contributed by atoms with Gasteiger partial charge in [0, 0.05) is 17.8 Å². The molecule has 1 aliphatic carbocycles. The van der Waals surface area contributed by atoms with Gasteiger partial charge < -0.3 is 4.74 Å². The van der Waals surface area contributed by atoms with Crippen molar-refractivity contribution in [3.05, 3.63) is 35.6 Å². The lowest BCUT2D eigenvalue weighted by Crippen LogP contribution is -2.38. The number of nitrogens with zero attached hydrogens (tertiary/aromatic N) is 2. The first kappa shape index (κ1) is 18.0. The summed E-state index contributed by atoms with van der Waals surface area (Å²) in [4.78, 5) is 14.1. The first-order valence-electron chi connectivity index (χ1n) is 7.63. The third-order valence-electron chi connectivity index (χ3n) is 3.15. The topological polar surface area (TPSA) is 53.3 Å². The molecular formula is C18H26N2O2. The number of carbonyl (C=O) groups is 1. The van der Waals surface area contributed by atoms with Crippen molar-refractivity contribution in [1.29, 1.82) is 5.26 Å². The molecule has 22 heavy (non-hydrogen) atoms. The second kappa shape index (κ2) is 7.31. The lowest BCUT2D eigenvalue weighted by atomic mass is 9.96. The maximum atomic E-state index is 12.4. The predicted molar refractivity (Wildman–Crippen MR) is 87.9 cm³/mol. The minimum absolute atomic E-state index is 0.304. The Labute approximate surface area is 133 Å². The summed E-state index contributed by atoms with van der Waals surface area (Å²) in [7, 11) is 0. The van der Waals surface area contributed by atoms with Gasteiger partial charge in [0.05, 0.1) is 6.07 Å². The van der Waals surface area contributed by atoms with Crippen molar-refractivity contribution >= 4 is 6.09 Å². The Morgan fingerprint density at radius 1 is 1.41 bits per heavy atom. The van der Waals surface area contributed by atoms with Gasteiger partial charge in [0.2, 0.25) is 0 Å². The molecule has 0 bridgehead atoms. The Morgan fingerprint density at radius 3 is 2.45 bits per heavy atom. The zero-order valence-corrected chi connectivity index (χ0v) is 14.3. The molecule has 4 nitrogen and oxygen atoms in total. The molecule has 0 radical (unpaired) electrons. The highest BCUT2D eigenvalue weighted by atomic mass is 16.6. The van der Waals surface area contributed by atoms with Gasteiger partial charge in [0.1, 0.15) is 5.60 Å². The van der Waals surface area contributed by atoms with Crippen molar-refractivity contribution < 1.29 is 9.53 Å². The van der Waals surface area contributed by atoms with Crippen LogP contribution in [0.3, 0.4) is 0 Å². The number of hydrogen-bond donors (Lipinski definition) is 0. The van der Waals surface area contributed by atoms with E-state index in [1.807, 2.05) is 40.7 Å². The minimum Gasteiger partial charge on any atom is -0.443 e. The molecule has 0 spiro atoms. The van der Waals surface area contributed by atoms with E-state index in [-0.39, 0.29) is 6.09 Å². The van der Waals surface area contributed by atoms with Crippen molar-refractivity contribution in [2.45, 2.75) is 53.1 Å². The molecule has 120 valence electrons. The maximum Gasteiger partial charge on any atom is 0.414 e. The lowest BCUT2D eigenvalue weighted by Gasteiger charge is -2.31. The molecule has 0 saturated carbocycles. The van der Waals surface area contributed by atoms with E-state index in [0.29, 0.717) is 24.6 Å². The Morgan fingerprint density at radius 2 is 2.05 bits per heavy atom. The highest BCUT2D eigenvalue weighted by Crippen LogP contribution is 2.27. The molecule has 0 atom stereocenters. The first-order chi connectivity index (χ1) is 10.1. The average molecular weight is 302 g/mol. The largest absolute Gasteiger partial charge is 0.443 e.